The third-order valence-corrected chi connectivity index (χ3v) is 5.71. The summed E-state index contributed by atoms with van der Waals surface area (Å²) in [5.74, 6) is -0.540. The van der Waals surface area contributed by atoms with Crippen molar-refractivity contribution in [1.82, 2.24) is 4.31 Å². The maximum absolute atomic E-state index is 12.6. The molecule has 2 N–H and O–H groups in total. The van der Waals surface area contributed by atoms with Crippen LogP contribution in [0.1, 0.15) is 12.8 Å². The van der Waals surface area contributed by atoms with Crippen LogP contribution < -0.4 is 5.73 Å². The van der Waals surface area contributed by atoms with Gasteiger partial charge in [0.1, 0.15) is 10.9 Å². The highest BCUT2D eigenvalue weighted by Gasteiger charge is 2.40. The average Bonchev–Trinajstić information content (AvgIpc) is 2.87. The van der Waals surface area contributed by atoms with Crippen LogP contribution >= 0.6 is 15.9 Å². The van der Waals surface area contributed by atoms with E-state index in [2.05, 4.69) is 20.7 Å². The number of rotatable bonds is 3. The van der Waals surface area contributed by atoms with Gasteiger partial charge in [0.05, 0.1) is 12.8 Å². The molecule has 20 heavy (non-hydrogen) atoms. The number of carbonyl (C=O) groups is 1. The first-order valence-electron chi connectivity index (χ1n) is 6.02. The molecular weight excluding hydrogens is 348 g/mol. The van der Waals surface area contributed by atoms with Crippen molar-refractivity contribution in [2.75, 3.05) is 19.4 Å². The molecule has 0 amide bonds. The number of hydrogen-bond donors (Lipinski definition) is 1. The molecule has 8 heteroatoms. The van der Waals surface area contributed by atoms with E-state index in [0.29, 0.717) is 17.3 Å². The topological polar surface area (TPSA) is 89.7 Å². The Bertz CT molecular complexity index is 632. The van der Waals surface area contributed by atoms with Crippen LogP contribution in [0.2, 0.25) is 0 Å². The molecule has 0 radical (unpaired) electrons. The van der Waals surface area contributed by atoms with Crippen molar-refractivity contribution in [1.29, 1.82) is 0 Å². The monoisotopic (exact) mass is 362 g/mol. The number of nitrogens with zero attached hydrogens (tertiary/aromatic N) is 1. The van der Waals surface area contributed by atoms with Crippen molar-refractivity contribution in [2.45, 2.75) is 23.8 Å². The summed E-state index contributed by atoms with van der Waals surface area (Å²) < 4.78 is 31.8. The van der Waals surface area contributed by atoms with Gasteiger partial charge >= 0.3 is 5.97 Å². The van der Waals surface area contributed by atoms with Gasteiger partial charge in [0.2, 0.25) is 10.0 Å². The normalized spacial score (nSPS) is 20.0. The molecule has 1 saturated heterocycles. The molecule has 110 valence electrons. The smallest absolute Gasteiger partial charge is 0.324 e. The van der Waals surface area contributed by atoms with Gasteiger partial charge in [-0.25, -0.2) is 8.42 Å². The largest absolute Gasteiger partial charge is 0.468 e. The first-order valence-corrected chi connectivity index (χ1v) is 8.26. The molecule has 0 spiro atoms. The van der Waals surface area contributed by atoms with E-state index >= 15 is 0 Å². The van der Waals surface area contributed by atoms with Crippen LogP contribution in [0.3, 0.4) is 0 Å². The Balaban J connectivity index is 2.41. The van der Waals surface area contributed by atoms with E-state index in [0.717, 1.165) is 0 Å². The van der Waals surface area contributed by atoms with Crippen molar-refractivity contribution in [3.05, 3.63) is 22.7 Å². The Labute approximate surface area is 126 Å². The molecule has 1 atom stereocenters. The molecular formula is C12H15BrN2O4S. The van der Waals surface area contributed by atoms with Crippen LogP contribution in [0.4, 0.5) is 5.69 Å². The molecule has 0 bridgehead atoms. The van der Waals surface area contributed by atoms with E-state index in [1.54, 1.807) is 6.07 Å². The third-order valence-electron chi connectivity index (χ3n) is 3.24. The van der Waals surface area contributed by atoms with Gasteiger partial charge in [-0.2, -0.15) is 4.31 Å². The van der Waals surface area contributed by atoms with Gasteiger partial charge < -0.3 is 10.5 Å². The van der Waals surface area contributed by atoms with Crippen LogP contribution in [0.5, 0.6) is 0 Å². The molecule has 1 aliphatic heterocycles. The second-order valence-corrected chi connectivity index (χ2v) is 7.25. The lowest BCUT2D eigenvalue weighted by Gasteiger charge is -2.22. The van der Waals surface area contributed by atoms with Gasteiger partial charge in [-0.3, -0.25) is 4.79 Å². The summed E-state index contributed by atoms with van der Waals surface area (Å²) in [6.07, 6.45) is 1.08. The number of benzene rings is 1. The lowest BCUT2D eigenvalue weighted by molar-refractivity contribution is -0.144. The van der Waals surface area contributed by atoms with E-state index in [1.165, 1.54) is 23.5 Å². The first kappa shape index (κ1) is 15.3. The first-order chi connectivity index (χ1) is 9.37. The van der Waals surface area contributed by atoms with Crippen molar-refractivity contribution in [2.24, 2.45) is 0 Å². The van der Waals surface area contributed by atoms with Crippen LogP contribution in [-0.2, 0) is 19.6 Å². The predicted octanol–water partition coefficient (Wildman–Crippen LogP) is 1.36. The van der Waals surface area contributed by atoms with Crippen LogP contribution in [0.25, 0.3) is 0 Å². The number of nitrogen functional groups attached to an aromatic ring is 1. The summed E-state index contributed by atoms with van der Waals surface area (Å²) in [4.78, 5) is 11.7. The zero-order valence-corrected chi connectivity index (χ0v) is 13.3. The summed E-state index contributed by atoms with van der Waals surface area (Å²) in [5.41, 5.74) is 5.93. The van der Waals surface area contributed by atoms with Crippen molar-refractivity contribution >= 4 is 37.6 Å². The van der Waals surface area contributed by atoms with Crippen molar-refractivity contribution in [3.63, 3.8) is 0 Å². The Morgan fingerprint density at radius 3 is 2.80 bits per heavy atom. The molecule has 6 nitrogen and oxygen atoms in total. The van der Waals surface area contributed by atoms with Crippen molar-refractivity contribution < 1.29 is 17.9 Å². The molecule has 1 aromatic rings. The van der Waals surface area contributed by atoms with Gasteiger partial charge in [0.25, 0.3) is 0 Å². The lowest BCUT2D eigenvalue weighted by Crippen LogP contribution is -2.41. The van der Waals surface area contributed by atoms with Gasteiger partial charge in [0.15, 0.2) is 0 Å². The second kappa shape index (κ2) is 5.71. The molecule has 2 rings (SSSR count). The maximum Gasteiger partial charge on any atom is 0.324 e. The summed E-state index contributed by atoms with van der Waals surface area (Å²) in [6.45, 7) is 0.289. The minimum Gasteiger partial charge on any atom is -0.468 e. The van der Waals surface area contributed by atoms with E-state index in [4.69, 9.17) is 5.73 Å². The molecule has 1 aliphatic rings. The highest BCUT2D eigenvalue weighted by Crippen LogP contribution is 2.30. The quantitative estimate of drug-likeness (QED) is 0.647. The second-order valence-electron chi connectivity index (χ2n) is 4.48. The molecule has 1 heterocycles. The Morgan fingerprint density at radius 2 is 2.20 bits per heavy atom. The number of sulfonamides is 1. The highest BCUT2D eigenvalue weighted by atomic mass is 79.9. The van der Waals surface area contributed by atoms with Gasteiger partial charge in [0, 0.05) is 11.0 Å². The number of esters is 1. The van der Waals surface area contributed by atoms with E-state index in [9.17, 15) is 13.2 Å². The van der Waals surface area contributed by atoms with Crippen LogP contribution in [0, 0.1) is 0 Å². The van der Waals surface area contributed by atoms with Crippen molar-refractivity contribution in [3.8, 4) is 0 Å². The number of nitrogens with two attached hydrogens (primary N) is 1. The summed E-state index contributed by atoms with van der Waals surface area (Å²) in [7, 11) is -2.55. The Morgan fingerprint density at radius 1 is 1.50 bits per heavy atom. The minimum atomic E-state index is -3.80. The van der Waals surface area contributed by atoms with E-state index in [1.807, 2.05) is 0 Å². The fourth-order valence-corrected chi connectivity index (χ4v) is 4.40. The fourth-order valence-electron chi connectivity index (χ4n) is 2.28. The predicted molar refractivity (Wildman–Crippen MR) is 77.5 cm³/mol. The molecule has 0 unspecified atom stereocenters. The number of halogens is 1. The lowest BCUT2D eigenvalue weighted by atomic mass is 10.2. The van der Waals surface area contributed by atoms with Gasteiger partial charge in [-0.15, -0.1) is 0 Å². The van der Waals surface area contributed by atoms with E-state index < -0.39 is 22.0 Å². The average molecular weight is 363 g/mol. The van der Waals surface area contributed by atoms with Gasteiger partial charge in [-0.1, -0.05) is 15.9 Å². The zero-order valence-electron chi connectivity index (χ0n) is 10.9. The molecule has 0 saturated carbocycles. The summed E-state index contributed by atoms with van der Waals surface area (Å²) >= 11 is 3.23. The molecule has 1 fully saturated rings. The minimum absolute atomic E-state index is 0.0107. The maximum atomic E-state index is 12.6. The van der Waals surface area contributed by atoms with Crippen LogP contribution in [0.15, 0.2) is 27.6 Å². The number of hydrogen-bond acceptors (Lipinski definition) is 5. The Hall–Kier alpha value is -1.12. The van der Waals surface area contributed by atoms with Gasteiger partial charge in [-0.05, 0) is 31.0 Å². The molecule has 0 aromatic heterocycles. The van der Waals surface area contributed by atoms with Crippen LogP contribution in [-0.4, -0.2) is 38.4 Å². The van der Waals surface area contributed by atoms with E-state index in [-0.39, 0.29) is 17.1 Å². The fraction of sp³-hybridized carbons (Fsp3) is 0.417. The SMILES string of the molecule is COC(=O)[C@@H]1CCCN1S(=O)(=O)c1ccc(Br)cc1N. The molecule has 0 aliphatic carbocycles. The summed E-state index contributed by atoms with van der Waals surface area (Å²) in [5, 5.41) is 0. The number of ether oxygens (including phenoxy) is 1. The number of anilines is 1. The Kier molecular flexibility index (Phi) is 4.36. The standard InChI is InChI=1S/C12H15BrN2O4S/c1-19-12(16)10-3-2-6-15(10)20(17,18)11-5-4-8(13)7-9(11)14/h4-5,7,10H,2-3,6,14H2,1H3/t10-/m0/s1. The third kappa shape index (κ3) is 2.68. The molecule has 1 aromatic carbocycles. The highest BCUT2D eigenvalue weighted by molar-refractivity contribution is 9.10. The zero-order chi connectivity index (χ0) is 14.9. The number of carbonyl (C=O) groups excluding carboxylic acids is 1. The summed E-state index contributed by atoms with van der Waals surface area (Å²) in [6, 6.07) is 3.79. The number of methoxy groups -OCH3 is 1.